The highest BCUT2D eigenvalue weighted by Crippen LogP contribution is 2.30. The van der Waals surface area contributed by atoms with Gasteiger partial charge in [0.2, 0.25) is 0 Å². The van der Waals surface area contributed by atoms with E-state index >= 15 is 4.39 Å². The minimum Gasteiger partial charge on any atom is -0.481 e. The SMILES string of the molecule is CCCc1ccc(-c2ccc3c(F)c(CCc4ccc(OCC(F)(F)F)c(F)c4)ccc3c2)c(F)c1. The maximum absolute atomic E-state index is 15.2. The molecule has 0 aliphatic carbocycles. The quantitative estimate of drug-likeness (QED) is 0.219. The highest BCUT2D eigenvalue weighted by Gasteiger charge is 2.29. The normalized spacial score (nSPS) is 11.8. The molecule has 4 rings (SSSR count). The zero-order chi connectivity index (χ0) is 25.9. The first-order valence-electron chi connectivity index (χ1n) is 11.6. The van der Waals surface area contributed by atoms with Gasteiger partial charge in [-0.15, -0.1) is 0 Å². The van der Waals surface area contributed by atoms with Crippen molar-refractivity contribution in [1.82, 2.24) is 0 Å². The first kappa shape index (κ1) is 25.6. The summed E-state index contributed by atoms with van der Waals surface area (Å²) in [6, 6.07) is 17.3. The van der Waals surface area contributed by atoms with Crippen LogP contribution in [0.25, 0.3) is 21.9 Å². The van der Waals surface area contributed by atoms with E-state index in [0.717, 1.165) is 30.5 Å². The fourth-order valence-corrected chi connectivity index (χ4v) is 4.19. The minimum atomic E-state index is -4.56. The second kappa shape index (κ2) is 10.6. The van der Waals surface area contributed by atoms with Gasteiger partial charge in [-0.05, 0) is 71.2 Å². The highest BCUT2D eigenvalue weighted by atomic mass is 19.4. The average molecular weight is 502 g/mol. The van der Waals surface area contributed by atoms with Crippen LogP contribution in [0.5, 0.6) is 5.75 Å². The van der Waals surface area contributed by atoms with E-state index in [2.05, 4.69) is 4.74 Å². The van der Waals surface area contributed by atoms with E-state index in [0.29, 0.717) is 33.0 Å². The monoisotopic (exact) mass is 502 g/mol. The number of hydrogen-bond donors (Lipinski definition) is 0. The number of rotatable bonds is 8. The Labute approximate surface area is 205 Å². The number of aryl methyl sites for hydroxylation is 3. The van der Waals surface area contributed by atoms with E-state index in [-0.39, 0.29) is 18.7 Å². The Hall–Kier alpha value is -3.48. The molecule has 0 bridgehead atoms. The van der Waals surface area contributed by atoms with Crippen LogP contribution in [0.1, 0.15) is 30.0 Å². The summed E-state index contributed by atoms with van der Waals surface area (Å²) in [7, 11) is 0. The van der Waals surface area contributed by atoms with E-state index < -0.39 is 30.2 Å². The van der Waals surface area contributed by atoms with Crippen LogP contribution in [0.15, 0.2) is 66.7 Å². The first-order chi connectivity index (χ1) is 17.1. The molecular formula is C29H24F6O. The topological polar surface area (TPSA) is 9.23 Å². The summed E-state index contributed by atoms with van der Waals surface area (Å²) < 4.78 is 85.3. The van der Waals surface area contributed by atoms with Gasteiger partial charge in [0.25, 0.3) is 0 Å². The summed E-state index contributed by atoms with van der Waals surface area (Å²) in [6.07, 6.45) is -2.29. The molecule has 0 heterocycles. The first-order valence-corrected chi connectivity index (χ1v) is 11.6. The van der Waals surface area contributed by atoms with Gasteiger partial charge in [-0.2, -0.15) is 13.2 Å². The Kier molecular flexibility index (Phi) is 7.57. The standard InChI is InChI=1S/C29H24F6O/c1-2-3-18-5-11-23(25(30)14-18)21-10-12-24-22(16-21)9-8-20(28(24)32)7-4-19-6-13-27(26(31)15-19)36-17-29(33,34)35/h5-6,8-16H,2-4,7,17H2,1H3. The van der Waals surface area contributed by atoms with Crippen molar-refractivity contribution in [1.29, 1.82) is 0 Å². The van der Waals surface area contributed by atoms with E-state index in [4.69, 9.17) is 0 Å². The number of hydrogen-bond acceptors (Lipinski definition) is 1. The maximum atomic E-state index is 15.2. The van der Waals surface area contributed by atoms with Crippen molar-refractivity contribution >= 4 is 10.8 Å². The van der Waals surface area contributed by atoms with Crippen molar-refractivity contribution < 1.29 is 31.1 Å². The summed E-state index contributed by atoms with van der Waals surface area (Å²) in [4.78, 5) is 0. The summed E-state index contributed by atoms with van der Waals surface area (Å²) in [6.45, 7) is 0.452. The van der Waals surface area contributed by atoms with Gasteiger partial charge in [-0.1, -0.05) is 55.8 Å². The maximum Gasteiger partial charge on any atom is 0.422 e. The molecule has 0 aromatic heterocycles. The molecule has 36 heavy (non-hydrogen) atoms. The molecule has 0 unspecified atom stereocenters. The minimum absolute atomic E-state index is 0.263. The predicted molar refractivity (Wildman–Crippen MR) is 129 cm³/mol. The van der Waals surface area contributed by atoms with Crippen LogP contribution in [0, 0.1) is 17.5 Å². The Morgan fingerprint density at radius 3 is 2.14 bits per heavy atom. The number of fused-ring (bicyclic) bond motifs is 1. The molecule has 1 nitrogen and oxygen atoms in total. The fourth-order valence-electron chi connectivity index (χ4n) is 4.19. The zero-order valence-corrected chi connectivity index (χ0v) is 19.6. The van der Waals surface area contributed by atoms with E-state index in [1.54, 1.807) is 36.4 Å². The Bertz CT molecular complexity index is 1380. The van der Waals surface area contributed by atoms with Gasteiger partial charge < -0.3 is 4.74 Å². The van der Waals surface area contributed by atoms with E-state index in [1.165, 1.54) is 12.1 Å². The Morgan fingerprint density at radius 1 is 0.722 bits per heavy atom. The predicted octanol–water partition coefficient (Wildman–Crippen LogP) is 8.60. The van der Waals surface area contributed by atoms with Crippen LogP contribution in [-0.4, -0.2) is 12.8 Å². The van der Waals surface area contributed by atoms with Gasteiger partial charge in [0, 0.05) is 10.9 Å². The molecular weight excluding hydrogens is 478 g/mol. The Balaban J connectivity index is 1.49. The van der Waals surface area contributed by atoms with E-state index in [1.807, 2.05) is 13.0 Å². The number of halogens is 6. The summed E-state index contributed by atoms with van der Waals surface area (Å²) in [5.74, 6) is -2.12. The van der Waals surface area contributed by atoms with Crippen LogP contribution in [0.2, 0.25) is 0 Å². The Morgan fingerprint density at radius 2 is 1.44 bits per heavy atom. The third-order valence-corrected chi connectivity index (χ3v) is 5.99. The second-order valence-corrected chi connectivity index (χ2v) is 8.71. The molecule has 0 fully saturated rings. The van der Waals surface area contributed by atoms with Crippen molar-refractivity contribution in [3.63, 3.8) is 0 Å². The second-order valence-electron chi connectivity index (χ2n) is 8.71. The van der Waals surface area contributed by atoms with Gasteiger partial charge in [0.05, 0.1) is 0 Å². The van der Waals surface area contributed by atoms with Gasteiger partial charge in [-0.3, -0.25) is 0 Å². The molecule has 4 aromatic rings. The lowest BCUT2D eigenvalue weighted by Gasteiger charge is -2.12. The highest BCUT2D eigenvalue weighted by molar-refractivity contribution is 5.88. The number of ether oxygens (including phenoxy) is 1. The van der Waals surface area contributed by atoms with Crippen LogP contribution in [-0.2, 0) is 19.3 Å². The largest absolute Gasteiger partial charge is 0.481 e. The van der Waals surface area contributed by atoms with Crippen molar-refractivity contribution in [2.75, 3.05) is 6.61 Å². The molecule has 0 aliphatic rings. The van der Waals surface area contributed by atoms with Crippen LogP contribution in [0.4, 0.5) is 26.3 Å². The van der Waals surface area contributed by atoms with Crippen LogP contribution < -0.4 is 4.74 Å². The molecule has 188 valence electrons. The third kappa shape index (κ3) is 6.01. The lowest BCUT2D eigenvalue weighted by Crippen LogP contribution is -2.19. The van der Waals surface area contributed by atoms with Gasteiger partial charge in [0.15, 0.2) is 18.2 Å². The van der Waals surface area contributed by atoms with Crippen LogP contribution >= 0.6 is 0 Å². The zero-order valence-electron chi connectivity index (χ0n) is 19.6. The molecule has 0 amide bonds. The van der Waals surface area contributed by atoms with Gasteiger partial charge in [0.1, 0.15) is 11.6 Å². The molecule has 4 aromatic carbocycles. The summed E-state index contributed by atoms with van der Waals surface area (Å²) in [5.41, 5.74) is 2.95. The molecule has 0 N–H and O–H groups in total. The molecule has 0 saturated heterocycles. The summed E-state index contributed by atoms with van der Waals surface area (Å²) >= 11 is 0. The number of alkyl halides is 3. The third-order valence-electron chi connectivity index (χ3n) is 5.99. The molecule has 0 saturated carbocycles. The lowest BCUT2D eigenvalue weighted by atomic mass is 9.96. The fraction of sp³-hybridized carbons (Fsp3) is 0.241. The molecule has 0 radical (unpaired) electrons. The lowest BCUT2D eigenvalue weighted by molar-refractivity contribution is -0.153. The van der Waals surface area contributed by atoms with Crippen molar-refractivity contribution in [2.45, 2.75) is 38.8 Å². The summed E-state index contributed by atoms with van der Waals surface area (Å²) in [5, 5.41) is 1.02. The van der Waals surface area contributed by atoms with Crippen molar-refractivity contribution in [3.8, 4) is 16.9 Å². The molecule has 0 aliphatic heterocycles. The van der Waals surface area contributed by atoms with Crippen molar-refractivity contribution in [2.24, 2.45) is 0 Å². The number of benzene rings is 4. The smallest absolute Gasteiger partial charge is 0.422 e. The van der Waals surface area contributed by atoms with Crippen molar-refractivity contribution in [3.05, 3.63) is 101 Å². The van der Waals surface area contributed by atoms with Crippen LogP contribution in [0.3, 0.4) is 0 Å². The average Bonchev–Trinajstić information content (AvgIpc) is 2.82. The molecule has 0 spiro atoms. The van der Waals surface area contributed by atoms with Gasteiger partial charge >= 0.3 is 6.18 Å². The van der Waals surface area contributed by atoms with E-state index in [9.17, 15) is 22.0 Å². The molecule has 7 heteroatoms. The van der Waals surface area contributed by atoms with Gasteiger partial charge in [-0.25, -0.2) is 13.2 Å². The molecule has 0 atom stereocenters.